The molecule has 1 aliphatic heterocycles. The molecule has 180 valence electrons. The molecule has 6 heteroatoms. The Kier molecular flexibility index (Phi) is 10.1. The summed E-state index contributed by atoms with van der Waals surface area (Å²) in [5.74, 6) is -3.50. The maximum atomic E-state index is 12.1. The molecular weight excluding hydrogens is 418 g/mol. The molecular formula is C27H37NO5. The molecule has 33 heavy (non-hydrogen) atoms. The van der Waals surface area contributed by atoms with Crippen molar-refractivity contribution in [3.8, 4) is 0 Å². The molecule has 1 heterocycles. The van der Waals surface area contributed by atoms with Gasteiger partial charge in [-0.15, -0.1) is 0 Å². The van der Waals surface area contributed by atoms with Crippen molar-refractivity contribution in [3.05, 3.63) is 71.8 Å². The van der Waals surface area contributed by atoms with Crippen LogP contribution in [0.5, 0.6) is 0 Å². The number of hydrogen-bond donors (Lipinski definition) is 3. The van der Waals surface area contributed by atoms with Crippen LogP contribution in [-0.4, -0.2) is 27.8 Å². The molecule has 0 amide bonds. The van der Waals surface area contributed by atoms with Gasteiger partial charge in [0.15, 0.2) is 5.97 Å². The quantitative estimate of drug-likeness (QED) is 0.556. The molecule has 0 aromatic heterocycles. The summed E-state index contributed by atoms with van der Waals surface area (Å²) in [5.41, 5.74) is 2.05. The number of hydrogen-bond acceptors (Lipinski definition) is 4. The second-order valence-electron chi connectivity index (χ2n) is 8.94. The third-order valence-electron chi connectivity index (χ3n) is 6.89. The van der Waals surface area contributed by atoms with Gasteiger partial charge >= 0.3 is 5.97 Å². The largest absolute Gasteiger partial charge is 0.539 e. The number of carboxylic acid groups (broad SMARTS) is 2. The van der Waals surface area contributed by atoms with E-state index in [9.17, 15) is 5.11 Å². The first kappa shape index (κ1) is 26.6. The summed E-state index contributed by atoms with van der Waals surface area (Å²) >= 11 is 0. The van der Waals surface area contributed by atoms with Gasteiger partial charge in [0.05, 0.1) is 5.60 Å². The first-order valence-corrected chi connectivity index (χ1v) is 11.9. The number of rotatable bonds is 7. The van der Waals surface area contributed by atoms with Crippen LogP contribution in [0.15, 0.2) is 60.7 Å². The lowest BCUT2D eigenvalue weighted by Gasteiger charge is -2.51. The van der Waals surface area contributed by atoms with Gasteiger partial charge in [-0.25, -0.2) is 4.79 Å². The Bertz CT molecular complexity index is 861. The van der Waals surface area contributed by atoms with Crippen molar-refractivity contribution < 1.29 is 30.2 Å². The first-order chi connectivity index (χ1) is 15.8. The van der Waals surface area contributed by atoms with Crippen LogP contribution in [0, 0.1) is 11.8 Å². The third kappa shape index (κ3) is 6.65. The molecule has 1 saturated heterocycles. The normalized spacial score (nSPS) is 26.7. The highest BCUT2D eigenvalue weighted by atomic mass is 16.4. The molecule has 6 nitrogen and oxygen atoms in total. The van der Waals surface area contributed by atoms with E-state index in [1.54, 1.807) is 0 Å². The second kappa shape index (κ2) is 12.5. The minimum atomic E-state index is -2.07. The Labute approximate surface area is 196 Å². The predicted octanol–water partition coefficient (Wildman–Crippen LogP) is 2.84. The van der Waals surface area contributed by atoms with Crippen molar-refractivity contribution in [3.63, 3.8) is 0 Å². The fourth-order valence-corrected chi connectivity index (χ4v) is 5.19. The average molecular weight is 456 g/mol. The Morgan fingerprint density at radius 2 is 1.42 bits per heavy atom. The minimum absolute atomic E-state index is 0.225. The summed E-state index contributed by atoms with van der Waals surface area (Å²) in [7, 11) is 0. The number of carbonyl (C=O) groups excluding carboxylic acids is 1. The minimum Gasteiger partial charge on any atom is -0.539 e. The van der Waals surface area contributed by atoms with Crippen molar-refractivity contribution in [2.45, 2.75) is 70.6 Å². The van der Waals surface area contributed by atoms with Crippen molar-refractivity contribution >= 4 is 11.9 Å². The summed E-state index contributed by atoms with van der Waals surface area (Å²) in [6, 6.07) is 22.2. The molecule has 1 aliphatic rings. The number of aliphatic hydroxyl groups is 1. The van der Waals surface area contributed by atoms with Crippen molar-refractivity contribution in [2.75, 3.05) is 0 Å². The van der Waals surface area contributed by atoms with Crippen molar-refractivity contribution in [1.82, 2.24) is 0 Å². The second-order valence-corrected chi connectivity index (χ2v) is 8.94. The van der Waals surface area contributed by atoms with Crippen LogP contribution in [0.3, 0.4) is 0 Å². The Hall–Kier alpha value is -2.70. The summed E-state index contributed by atoms with van der Waals surface area (Å²) < 4.78 is 0. The summed E-state index contributed by atoms with van der Waals surface area (Å²) in [6.45, 7) is 6.74. The van der Waals surface area contributed by atoms with Gasteiger partial charge in [0.2, 0.25) is 0 Å². The molecule has 2 aromatic rings. The van der Waals surface area contributed by atoms with E-state index in [0.717, 1.165) is 32.1 Å². The molecule has 0 aliphatic carbocycles. The van der Waals surface area contributed by atoms with Gasteiger partial charge in [-0.1, -0.05) is 101 Å². The van der Waals surface area contributed by atoms with Crippen molar-refractivity contribution in [1.29, 1.82) is 0 Å². The molecule has 0 bridgehead atoms. The van der Waals surface area contributed by atoms with Crippen LogP contribution in [0.1, 0.15) is 76.1 Å². The zero-order valence-electron chi connectivity index (χ0n) is 19.8. The van der Waals surface area contributed by atoms with Crippen molar-refractivity contribution in [2.24, 2.45) is 11.8 Å². The molecule has 5 unspecified atom stereocenters. The molecule has 0 radical (unpaired) electrons. The van der Waals surface area contributed by atoms with Crippen LogP contribution in [0.4, 0.5) is 0 Å². The molecule has 3 rings (SSSR count). The molecule has 0 spiro atoms. The van der Waals surface area contributed by atoms with Gasteiger partial charge in [-0.05, 0) is 12.8 Å². The van der Waals surface area contributed by atoms with E-state index >= 15 is 0 Å². The standard InChI is InChI=1S/C25H35NO.C2H2O4/c1-4-6-18-25(27)19(3)23(20-14-9-7-10-15-20)26-24(22(25)13-5-2)21-16-11-8-12-17-21;3-1(4)2(5)6/h7-12,14-17,19,22-24,26-27H,4-6,13,18H2,1-3H3;(H,3,4)(H,5,6). The number of nitrogens with two attached hydrogens (primary N) is 1. The smallest absolute Gasteiger partial charge is 0.351 e. The molecule has 5 atom stereocenters. The van der Waals surface area contributed by atoms with E-state index in [2.05, 4.69) is 86.8 Å². The Balaban J connectivity index is 0.000000569. The molecule has 4 N–H and O–H groups in total. The fourth-order valence-electron chi connectivity index (χ4n) is 5.19. The SMILES string of the molecule is CCCCC1(O)C(C)C(c2ccccc2)[NH2+]C(c2ccccc2)C1CCC.O=C([O-])C(=O)O. The zero-order valence-corrected chi connectivity index (χ0v) is 19.8. The maximum absolute atomic E-state index is 12.1. The topological polar surface area (TPSA) is 114 Å². The Morgan fingerprint density at radius 1 is 0.939 bits per heavy atom. The van der Waals surface area contributed by atoms with E-state index in [-0.39, 0.29) is 17.9 Å². The number of carbonyl (C=O) groups is 2. The van der Waals surface area contributed by atoms with Crippen LogP contribution in [0.25, 0.3) is 0 Å². The average Bonchev–Trinajstić information content (AvgIpc) is 2.82. The molecule has 1 fully saturated rings. The number of benzene rings is 2. The Morgan fingerprint density at radius 3 is 1.85 bits per heavy atom. The monoisotopic (exact) mass is 455 g/mol. The number of carboxylic acids is 2. The maximum Gasteiger partial charge on any atom is 0.351 e. The summed E-state index contributed by atoms with van der Waals surface area (Å²) in [6.07, 6.45) is 5.30. The number of piperidine rings is 1. The highest BCUT2D eigenvalue weighted by Crippen LogP contribution is 2.47. The van der Waals surface area contributed by atoms with Gasteiger partial charge in [0, 0.05) is 23.0 Å². The van der Waals surface area contributed by atoms with E-state index in [1.165, 1.54) is 11.1 Å². The highest BCUT2D eigenvalue weighted by Gasteiger charge is 2.54. The van der Waals surface area contributed by atoms with E-state index in [0.29, 0.717) is 6.04 Å². The zero-order chi connectivity index (χ0) is 24.4. The van der Waals surface area contributed by atoms with Crippen LogP contribution >= 0.6 is 0 Å². The van der Waals surface area contributed by atoms with E-state index in [4.69, 9.17) is 19.8 Å². The fraction of sp³-hybridized carbons (Fsp3) is 0.481. The first-order valence-electron chi connectivity index (χ1n) is 11.9. The third-order valence-corrected chi connectivity index (χ3v) is 6.89. The lowest BCUT2D eigenvalue weighted by molar-refractivity contribution is -0.765. The predicted molar refractivity (Wildman–Crippen MR) is 125 cm³/mol. The molecule has 0 saturated carbocycles. The van der Waals surface area contributed by atoms with Crippen LogP contribution in [0.2, 0.25) is 0 Å². The van der Waals surface area contributed by atoms with Crippen LogP contribution in [-0.2, 0) is 9.59 Å². The van der Waals surface area contributed by atoms with E-state index in [1.807, 2.05) is 0 Å². The number of quaternary nitrogens is 1. The van der Waals surface area contributed by atoms with Crippen LogP contribution < -0.4 is 10.4 Å². The van der Waals surface area contributed by atoms with Gasteiger partial charge in [-0.3, -0.25) is 0 Å². The number of unbranched alkanes of at least 4 members (excludes halogenated alkanes) is 1. The van der Waals surface area contributed by atoms with Gasteiger partial charge in [0.25, 0.3) is 0 Å². The lowest BCUT2D eigenvalue weighted by atomic mass is 9.62. The van der Waals surface area contributed by atoms with Gasteiger partial charge in [-0.2, -0.15) is 0 Å². The van der Waals surface area contributed by atoms with E-state index < -0.39 is 17.5 Å². The van der Waals surface area contributed by atoms with Gasteiger partial charge in [0.1, 0.15) is 12.1 Å². The molecule has 2 aromatic carbocycles. The van der Waals surface area contributed by atoms with Gasteiger partial charge < -0.3 is 25.4 Å². The summed E-state index contributed by atoms with van der Waals surface area (Å²) in [5, 5.41) is 31.0. The highest BCUT2D eigenvalue weighted by molar-refractivity contribution is 6.26. The summed E-state index contributed by atoms with van der Waals surface area (Å²) in [4.78, 5) is 18.0. The number of aliphatic carboxylic acids is 2. The lowest BCUT2D eigenvalue weighted by Crippen LogP contribution is -2.93.